The molecule has 2 aliphatic rings. The zero-order chi connectivity index (χ0) is 23.0. The van der Waals surface area contributed by atoms with Crippen LogP contribution in [0.2, 0.25) is 5.02 Å². The Hall–Kier alpha value is -2.60. The Balaban J connectivity index is 1.59. The summed E-state index contributed by atoms with van der Waals surface area (Å²) in [6.07, 6.45) is 2.44. The Bertz CT molecular complexity index is 1170. The zero-order valence-corrected chi connectivity index (χ0v) is 18.5. The molecule has 0 radical (unpaired) electrons. The van der Waals surface area contributed by atoms with Crippen LogP contribution in [0.15, 0.2) is 35.4 Å². The van der Waals surface area contributed by atoms with Crippen molar-refractivity contribution in [3.63, 3.8) is 0 Å². The molecule has 170 valence electrons. The summed E-state index contributed by atoms with van der Waals surface area (Å²) in [7, 11) is -4.44. The van der Waals surface area contributed by atoms with Crippen molar-refractivity contribution in [3.8, 4) is 0 Å². The summed E-state index contributed by atoms with van der Waals surface area (Å²) in [5, 5.41) is -0.296. The number of hydrogen-bond acceptors (Lipinski definition) is 6. The lowest BCUT2D eigenvalue weighted by Crippen LogP contribution is -2.50. The van der Waals surface area contributed by atoms with E-state index in [0.29, 0.717) is 13.0 Å². The van der Waals surface area contributed by atoms with Gasteiger partial charge in [0, 0.05) is 32.3 Å². The van der Waals surface area contributed by atoms with E-state index in [1.807, 2.05) is 6.07 Å². The van der Waals surface area contributed by atoms with Gasteiger partial charge in [0.05, 0.1) is 22.9 Å². The highest BCUT2D eigenvalue weighted by atomic mass is 35.5. The zero-order valence-electron chi connectivity index (χ0n) is 16.9. The van der Waals surface area contributed by atoms with Crippen LogP contribution in [0.4, 0.5) is 10.1 Å². The van der Waals surface area contributed by atoms with Gasteiger partial charge >= 0.3 is 0 Å². The van der Waals surface area contributed by atoms with Crippen molar-refractivity contribution >= 4 is 39.1 Å². The van der Waals surface area contributed by atoms with E-state index < -0.39 is 32.7 Å². The van der Waals surface area contributed by atoms with Crippen LogP contribution in [0.25, 0.3) is 0 Å². The molecular weight excluding hydrogens is 461 g/mol. The van der Waals surface area contributed by atoms with E-state index in [4.69, 9.17) is 17.3 Å². The molecule has 0 bridgehead atoms. The molecule has 3 N–H and O–H groups in total. The van der Waals surface area contributed by atoms with E-state index in [2.05, 4.69) is 9.71 Å². The number of sulfonamides is 1. The van der Waals surface area contributed by atoms with Crippen LogP contribution in [0, 0.1) is 5.82 Å². The number of nitrogens with one attached hydrogen (secondary N) is 1. The molecule has 2 aromatic rings. The molecule has 9 nitrogen and oxygen atoms in total. The summed E-state index contributed by atoms with van der Waals surface area (Å²) in [5.74, 6) is -1.68. The third kappa shape index (κ3) is 4.20. The maximum atomic E-state index is 14.3. The number of fused-ring (bicyclic) bond motifs is 1. The van der Waals surface area contributed by atoms with Gasteiger partial charge in [-0.15, -0.1) is 0 Å². The minimum Gasteiger partial charge on any atom is -0.331 e. The standard InChI is InChI=1S/C20H21ClFN5O4S/c21-19-16(27-6-2-4-18(27)28)7-13(22)8-17(19)32(30,31)25-14(9-23)20(29)26-10-12-3-1-5-24-15(12)11-26/h1,3,5,7-8,14,25H,2,4,6,9-11,23H2/t14-/m0/s1. The van der Waals surface area contributed by atoms with Gasteiger partial charge in [0.1, 0.15) is 16.8 Å². The van der Waals surface area contributed by atoms with Crippen molar-refractivity contribution in [2.24, 2.45) is 5.73 Å². The third-order valence-corrected chi connectivity index (χ3v) is 7.47. The third-order valence-electron chi connectivity index (χ3n) is 5.47. The number of nitrogens with zero attached hydrogens (tertiary/aromatic N) is 3. The fourth-order valence-electron chi connectivity index (χ4n) is 3.87. The second-order valence-corrected chi connectivity index (χ2v) is 9.66. The van der Waals surface area contributed by atoms with E-state index >= 15 is 0 Å². The average Bonchev–Trinajstić information content (AvgIpc) is 3.38. The Morgan fingerprint density at radius 1 is 1.34 bits per heavy atom. The van der Waals surface area contributed by atoms with Gasteiger partial charge in [0.2, 0.25) is 21.8 Å². The molecule has 1 aromatic heterocycles. The molecular formula is C20H21ClFN5O4S. The summed E-state index contributed by atoms with van der Waals surface area (Å²) in [6.45, 7) is 0.502. The first-order valence-electron chi connectivity index (χ1n) is 9.94. The Morgan fingerprint density at radius 2 is 2.12 bits per heavy atom. The topological polar surface area (TPSA) is 126 Å². The first kappa shape index (κ1) is 22.6. The lowest BCUT2D eigenvalue weighted by atomic mass is 10.2. The molecule has 0 aliphatic carbocycles. The first-order valence-corrected chi connectivity index (χ1v) is 11.8. The smallest absolute Gasteiger partial charge is 0.243 e. The second-order valence-electron chi connectivity index (χ2n) is 7.60. The van der Waals surface area contributed by atoms with Crippen molar-refractivity contribution in [1.29, 1.82) is 0 Å². The summed E-state index contributed by atoms with van der Waals surface area (Å²) in [6, 6.07) is 4.08. The van der Waals surface area contributed by atoms with Crippen LogP contribution in [-0.4, -0.2) is 49.2 Å². The molecule has 4 rings (SSSR count). The number of pyridine rings is 1. The van der Waals surface area contributed by atoms with Gasteiger partial charge in [-0.3, -0.25) is 14.6 Å². The van der Waals surface area contributed by atoms with Crippen molar-refractivity contribution in [2.75, 3.05) is 18.0 Å². The van der Waals surface area contributed by atoms with E-state index in [9.17, 15) is 22.4 Å². The highest BCUT2D eigenvalue weighted by Crippen LogP contribution is 2.35. The quantitative estimate of drug-likeness (QED) is 0.637. The molecule has 1 atom stereocenters. The summed E-state index contributed by atoms with van der Waals surface area (Å²) in [5.41, 5.74) is 7.27. The molecule has 3 heterocycles. The average molecular weight is 482 g/mol. The number of benzene rings is 1. The predicted octanol–water partition coefficient (Wildman–Crippen LogP) is 1.15. The lowest BCUT2D eigenvalue weighted by Gasteiger charge is -2.24. The van der Waals surface area contributed by atoms with Crippen LogP contribution >= 0.6 is 11.6 Å². The van der Waals surface area contributed by atoms with Gasteiger partial charge in [-0.1, -0.05) is 17.7 Å². The minimum absolute atomic E-state index is 0.0220. The van der Waals surface area contributed by atoms with Gasteiger partial charge in [0.15, 0.2) is 0 Å². The molecule has 1 fully saturated rings. The van der Waals surface area contributed by atoms with Crippen molar-refractivity contribution in [2.45, 2.75) is 36.9 Å². The van der Waals surface area contributed by atoms with Crippen LogP contribution in [0.5, 0.6) is 0 Å². The van der Waals surface area contributed by atoms with Crippen molar-refractivity contribution in [3.05, 3.63) is 52.6 Å². The number of amides is 2. The summed E-state index contributed by atoms with van der Waals surface area (Å²) in [4.78, 5) is 31.4. The molecule has 2 amide bonds. The molecule has 32 heavy (non-hydrogen) atoms. The van der Waals surface area contributed by atoms with Crippen molar-refractivity contribution < 1.29 is 22.4 Å². The number of rotatable bonds is 6. The van der Waals surface area contributed by atoms with E-state index in [0.717, 1.165) is 23.4 Å². The van der Waals surface area contributed by atoms with Gasteiger partial charge in [0.25, 0.3) is 0 Å². The van der Waals surface area contributed by atoms with Crippen LogP contribution < -0.4 is 15.4 Å². The summed E-state index contributed by atoms with van der Waals surface area (Å²) >= 11 is 6.29. The molecule has 0 saturated carbocycles. The second kappa shape index (κ2) is 8.74. The highest BCUT2D eigenvalue weighted by molar-refractivity contribution is 7.89. The lowest BCUT2D eigenvalue weighted by molar-refractivity contribution is -0.133. The number of aromatic nitrogens is 1. The number of halogens is 2. The molecule has 12 heteroatoms. The minimum atomic E-state index is -4.44. The van der Waals surface area contributed by atoms with E-state index in [1.165, 1.54) is 9.80 Å². The van der Waals surface area contributed by atoms with Gasteiger partial charge < -0.3 is 15.5 Å². The monoisotopic (exact) mass is 481 g/mol. The van der Waals surface area contributed by atoms with Crippen LogP contribution in [-0.2, 0) is 32.7 Å². The number of nitrogens with two attached hydrogens (primary N) is 1. The number of hydrogen-bond donors (Lipinski definition) is 2. The van der Waals surface area contributed by atoms with E-state index in [-0.39, 0.29) is 42.7 Å². The number of anilines is 1. The molecule has 1 aromatic carbocycles. The largest absolute Gasteiger partial charge is 0.331 e. The number of carbonyl (C=O) groups excluding carboxylic acids is 2. The maximum absolute atomic E-state index is 14.3. The predicted molar refractivity (Wildman–Crippen MR) is 115 cm³/mol. The summed E-state index contributed by atoms with van der Waals surface area (Å²) < 4.78 is 42.7. The van der Waals surface area contributed by atoms with Gasteiger partial charge in [-0.05, 0) is 30.2 Å². The van der Waals surface area contributed by atoms with Gasteiger partial charge in [-0.25, -0.2) is 12.8 Å². The van der Waals surface area contributed by atoms with Gasteiger partial charge in [-0.2, -0.15) is 4.72 Å². The maximum Gasteiger partial charge on any atom is 0.243 e. The van der Waals surface area contributed by atoms with Crippen LogP contribution in [0.3, 0.4) is 0 Å². The molecule has 0 unspecified atom stereocenters. The number of carbonyl (C=O) groups is 2. The van der Waals surface area contributed by atoms with E-state index in [1.54, 1.807) is 12.3 Å². The normalized spacial score (nSPS) is 17.0. The Morgan fingerprint density at radius 3 is 2.78 bits per heavy atom. The SMILES string of the molecule is NC[C@H](NS(=O)(=O)c1cc(F)cc(N2CCCC2=O)c1Cl)C(=O)N1Cc2cccnc2C1. The highest BCUT2D eigenvalue weighted by Gasteiger charge is 2.34. The fourth-order valence-corrected chi connectivity index (χ4v) is 5.69. The first-order chi connectivity index (χ1) is 15.2. The Labute approximate surface area is 189 Å². The van der Waals surface area contributed by atoms with Crippen molar-refractivity contribution in [1.82, 2.24) is 14.6 Å². The molecule has 1 saturated heterocycles. The van der Waals surface area contributed by atoms with Crippen LogP contribution in [0.1, 0.15) is 24.1 Å². The fraction of sp³-hybridized carbons (Fsp3) is 0.350. The Kier molecular flexibility index (Phi) is 6.17. The molecule has 2 aliphatic heterocycles. The molecule has 0 spiro atoms.